The first-order chi connectivity index (χ1) is 9.59. The second kappa shape index (κ2) is 8.26. The van der Waals surface area contributed by atoms with Crippen LogP contribution in [0.25, 0.3) is 0 Å². The number of benzene rings is 1. The van der Waals surface area contributed by atoms with E-state index in [0.717, 1.165) is 6.07 Å². The smallest absolute Gasteiger partial charge is 0.239 e. The van der Waals surface area contributed by atoms with Crippen LogP contribution < -0.4 is 10.6 Å². The SMILES string of the molecule is C[C@H]1OCCN[C@@H]1C(=O)NCCc1cccc(F)c1F.Cl. The standard InChI is InChI=1S/C14H18F2N2O2.ClH/c1-9-13(17-7-8-20-9)14(19)18-6-5-10-3-2-4-11(15)12(10)16;/h2-4,9,13,17H,5-8H2,1H3,(H,18,19);1H/t9-,13+;/m1./s1. The summed E-state index contributed by atoms with van der Waals surface area (Å²) < 4.78 is 31.8. The van der Waals surface area contributed by atoms with Gasteiger partial charge in [0.15, 0.2) is 11.6 Å². The van der Waals surface area contributed by atoms with Crippen molar-refractivity contribution in [2.45, 2.75) is 25.5 Å². The van der Waals surface area contributed by atoms with Crippen LogP contribution in [0.5, 0.6) is 0 Å². The van der Waals surface area contributed by atoms with E-state index in [1.54, 1.807) is 0 Å². The maximum Gasteiger partial charge on any atom is 0.239 e. The molecule has 21 heavy (non-hydrogen) atoms. The first kappa shape index (κ1) is 17.8. The summed E-state index contributed by atoms with van der Waals surface area (Å²) in [5, 5.41) is 5.77. The minimum Gasteiger partial charge on any atom is -0.375 e. The number of ether oxygens (including phenoxy) is 1. The van der Waals surface area contributed by atoms with E-state index in [1.165, 1.54) is 12.1 Å². The average Bonchev–Trinajstić information content (AvgIpc) is 2.44. The van der Waals surface area contributed by atoms with Gasteiger partial charge in [-0.15, -0.1) is 12.4 Å². The lowest BCUT2D eigenvalue weighted by atomic mass is 10.1. The van der Waals surface area contributed by atoms with Crippen molar-refractivity contribution in [1.82, 2.24) is 10.6 Å². The summed E-state index contributed by atoms with van der Waals surface area (Å²) in [5.41, 5.74) is 0.256. The van der Waals surface area contributed by atoms with Crippen LogP contribution in [-0.4, -0.2) is 37.7 Å². The normalized spacial score (nSPS) is 21.5. The summed E-state index contributed by atoms with van der Waals surface area (Å²) in [7, 11) is 0. The Morgan fingerprint density at radius 2 is 2.24 bits per heavy atom. The van der Waals surface area contributed by atoms with Gasteiger partial charge in [-0.25, -0.2) is 8.78 Å². The summed E-state index contributed by atoms with van der Waals surface area (Å²) in [4.78, 5) is 11.9. The highest BCUT2D eigenvalue weighted by Gasteiger charge is 2.27. The van der Waals surface area contributed by atoms with Gasteiger partial charge in [-0.2, -0.15) is 0 Å². The molecule has 0 spiro atoms. The molecule has 118 valence electrons. The van der Waals surface area contributed by atoms with Gasteiger partial charge in [0.2, 0.25) is 5.91 Å². The molecule has 1 aliphatic rings. The lowest BCUT2D eigenvalue weighted by Gasteiger charge is -2.29. The fourth-order valence-corrected chi connectivity index (χ4v) is 2.20. The van der Waals surface area contributed by atoms with Crippen molar-refractivity contribution >= 4 is 18.3 Å². The third-order valence-corrected chi connectivity index (χ3v) is 3.32. The largest absolute Gasteiger partial charge is 0.375 e. The van der Waals surface area contributed by atoms with E-state index >= 15 is 0 Å². The first-order valence-electron chi connectivity index (χ1n) is 6.65. The average molecular weight is 321 g/mol. The lowest BCUT2D eigenvalue weighted by molar-refractivity contribution is -0.128. The minimum absolute atomic E-state index is 0. The van der Waals surface area contributed by atoms with Gasteiger partial charge in [0.25, 0.3) is 0 Å². The Bertz CT molecular complexity index is 488. The molecule has 1 aliphatic heterocycles. The maximum absolute atomic E-state index is 13.4. The molecule has 1 aromatic rings. The van der Waals surface area contributed by atoms with E-state index in [0.29, 0.717) is 13.2 Å². The molecule has 0 radical (unpaired) electrons. The van der Waals surface area contributed by atoms with Crippen molar-refractivity contribution in [3.05, 3.63) is 35.4 Å². The number of hydrogen-bond donors (Lipinski definition) is 2. The summed E-state index contributed by atoms with van der Waals surface area (Å²) in [5.74, 6) is -1.91. The summed E-state index contributed by atoms with van der Waals surface area (Å²) in [6.07, 6.45) is 0.0479. The molecule has 0 saturated carbocycles. The third-order valence-electron chi connectivity index (χ3n) is 3.32. The zero-order valence-electron chi connectivity index (χ0n) is 11.7. The van der Waals surface area contributed by atoms with E-state index in [1.807, 2.05) is 6.92 Å². The lowest BCUT2D eigenvalue weighted by Crippen LogP contribution is -2.55. The molecule has 7 heteroatoms. The molecule has 1 amide bonds. The second-order valence-electron chi connectivity index (χ2n) is 4.76. The van der Waals surface area contributed by atoms with Crippen LogP contribution in [0.1, 0.15) is 12.5 Å². The molecule has 4 nitrogen and oxygen atoms in total. The van der Waals surface area contributed by atoms with Gasteiger partial charge in [0.1, 0.15) is 6.04 Å². The first-order valence-corrected chi connectivity index (χ1v) is 6.65. The topological polar surface area (TPSA) is 50.4 Å². The predicted molar refractivity (Wildman–Crippen MR) is 77.5 cm³/mol. The highest BCUT2D eigenvalue weighted by Crippen LogP contribution is 2.11. The summed E-state index contributed by atoms with van der Waals surface area (Å²) >= 11 is 0. The van der Waals surface area contributed by atoms with Gasteiger partial charge < -0.3 is 15.4 Å². The molecule has 2 rings (SSSR count). The van der Waals surface area contributed by atoms with E-state index in [2.05, 4.69) is 10.6 Å². The number of nitrogens with one attached hydrogen (secondary N) is 2. The zero-order chi connectivity index (χ0) is 14.5. The highest BCUT2D eigenvalue weighted by molar-refractivity contribution is 5.85. The highest BCUT2D eigenvalue weighted by atomic mass is 35.5. The van der Waals surface area contributed by atoms with Gasteiger partial charge in [-0.3, -0.25) is 4.79 Å². The monoisotopic (exact) mass is 320 g/mol. The number of carbonyl (C=O) groups excluding carboxylic acids is 1. The van der Waals surface area contributed by atoms with E-state index in [4.69, 9.17) is 4.74 Å². The van der Waals surface area contributed by atoms with Crippen LogP contribution >= 0.6 is 12.4 Å². The molecule has 1 aromatic carbocycles. The van der Waals surface area contributed by atoms with Gasteiger partial charge in [-0.1, -0.05) is 12.1 Å². The second-order valence-corrected chi connectivity index (χ2v) is 4.76. The summed E-state index contributed by atoms with van der Waals surface area (Å²) in [6, 6.07) is 3.63. The van der Waals surface area contributed by atoms with Crippen LogP contribution in [0.2, 0.25) is 0 Å². The molecule has 0 unspecified atom stereocenters. The van der Waals surface area contributed by atoms with E-state index in [9.17, 15) is 13.6 Å². The Kier molecular flexibility index (Phi) is 7.01. The van der Waals surface area contributed by atoms with Crippen LogP contribution in [0.15, 0.2) is 18.2 Å². The molecular formula is C14H19ClF2N2O2. The Morgan fingerprint density at radius 3 is 2.95 bits per heavy atom. The van der Waals surface area contributed by atoms with Crippen molar-refractivity contribution in [3.63, 3.8) is 0 Å². The number of rotatable bonds is 4. The van der Waals surface area contributed by atoms with Crippen LogP contribution in [0.4, 0.5) is 8.78 Å². The van der Waals surface area contributed by atoms with Crippen molar-refractivity contribution in [2.24, 2.45) is 0 Å². The maximum atomic E-state index is 13.4. The number of carbonyl (C=O) groups is 1. The molecule has 2 N–H and O–H groups in total. The number of hydrogen-bond acceptors (Lipinski definition) is 3. The molecule has 1 saturated heterocycles. The third kappa shape index (κ3) is 4.62. The summed E-state index contributed by atoms with van der Waals surface area (Å²) in [6.45, 7) is 3.28. The molecule has 1 heterocycles. The van der Waals surface area contributed by atoms with Crippen LogP contribution in [-0.2, 0) is 16.0 Å². The Labute approximate surface area is 128 Å². The number of amides is 1. The van der Waals surface area contributed by atoms with Crippen molar-refractivity contribution in [2.75, 3.05) is 19.7 Å². The Balaban J connectivity index is 0.00000220. The fourth-order valence-electron chi connectivity index (χ4n) is 2.20. The van der Waals surface area contributed by atoms with Gasteiger partial charge in [0, 0.05) is 13.1 Å². The molecule has 0 aromatic heterocycles. The number of morpholine rings is 1. The Hall–Kier alpha value is -1.24. The van der Waals surface area contributed by atoms with Crippen molar-refractivity contribution in [3.8, 4) is 0 Å². The molecule has 0 bridgehead atoms. The molecule has 0 aliphatic carbocycles. The number of halogens is 3. The quantitative estimate of drug-likeness (QED) is 0.882. The van der Waals surface area contributed by atoms with Gasteiger partial charge in [0.05, 0.1) is 12.7 Å². The van der Waals surface area contributed by atoms with E-state index < -0.39 is 17.7 Å². The molecule has 2 atom stereocenters. The minimum atomic E-state index is -0.871. The molecular weight excluding hydrogens is 302 g/mol. The van der Waals surface area contributed by atoms with Gasteiger partial charge in [-0.05, 0) is 25.0 Å². The predicted octanol–water partition coefficient (Wildman–Crippen LogP) is 1.42. The Morgan fingerprint density at radius 1 is 1.48 bits per heavy atom. The van der Waals surface area contributed by atoms with Gasteiger partial charge >= 0.3 is 0 Å². The van der Waals surface area contributed by atoms with Crippen molar-refractivity contribution in [1.29, 1.82) is 0 Å². The van der Waals surface area contributed by atoms with E-state index in [-0.39, 0.29) is 42.9 Å². The van der Waals surface area contributed by atoms with Crippen molar-refractivity contribution < 1.29 is 18.3 Å². The zero-order valence-corrected chi connectivity index (χ0v) is 12.5. The van der Waals surface area contributed by atoms with Crippen LogP contribution in [0.3, 0.4) is 0 Å². The fraction of sp³-hybridized carbons (Fsp3) is 0.500. The van der Waals surface area contributed by atoms with Crippen LogP contribution in [0, 0.1) is 11.6 Å². The molecule has 1 fully saturated rings.